The van der Waals surface area contributed by atoms with Crippen LogP contribution in [0.2, 0.25) is 0 Å². The second-order valence-corrected chi connectivity index (χ2v) is 7.29. The van der Waals surface area contributed by atoms with Crippen molar-refractivity contribution in [1.29, 1.82) is 0 Å². The van der Waals surface area contributed by atoms with Crippen LogP contribution in [0, 0.1) is 35.5 Å². The number of carbonyl (C=O) groups is 2. The van der Waals surface area contributed by atoms with Gasteiger partial charge in [-0.1, -0.05) is 24.3 Å². The van der Waals surface area contributed by atoms with Gasteiger partial charge in [-0.2, -0.15) is 0 Å². The van der Waals surface area contributed by atoms with Gasteiger partial charge in [-0.3, -0.25) is 14.5 Å². The van der Waals surface area contributed by atoms with E-state index in [2.05, 4.69) is 17.5 Å². The van der Waals surface area contributed by atoms with Crippen LogP contribution in [0.25, 0.3) is 0 Å². The van der Waals surface area contributed by atoms with E-state index in [9.17, 15) is 9.59 Å². The van der Waals surface area contributed by atoms with Gasteiger partial charge in [-0.25, -0.2) is 0 Å². The summed E-state index contributed by atoms with van der Waals surface area (Å²) in [5.41, 5.74) is 0.791. The van der Waals surface area contributed by atoms with E-state index in [4.69, 9.17) is 4.74 Å². The zero-order valence-electron chi connectivity index (χ0n) is 13.5. The Morgan fingerprint density at radius 1 is 1.08 bits per heavy atom. The molecule has 2 saturated carbocycles. The Bertz CT molecular complexity index is 723. The lowest BCUT2D eigenvalue weighted by Gasteiger charge is -2.37. The Morgan fingerprint density at radius 2 is 1.71 bits per heavy atom. The molecule has 5 heteroatoms. The fraction of sp³-hybridized carbons (Fsp3) is 0.474. The van der Waals surface area contributed by atoms with Crippen LogP contribution >= 0.6 is 0 Å². The molecule has 0 unspecified atom stereocenters. The lowest BCUT2D eigenvalue weighted by atomic mass is 9.63. The first-order chi connectivity index (χ1) is 11.7. The molecule has 1 saturated heterocycles. The number of benzene rings is 1. The molecule has 2 amide bonds. The van der Waals surface area contributed by atoms with Crippen LogP contribution in [-0.2, 0) is 9.59 Å². The van der Waals surface area contributed by atoms with Gasteiger partial charge in [0.25, 0.3) is 0 Å². The number of allylic oxidation sites excluding steroid dienone is 2. The highest BCUT2D eigenvalue weighted by atomic mass is 16.5. The number of carbonyl (C=O) groups excluding carboxylic acids is 2. The smallest absolute Gasteiger partial charge is 0.235 e. The maximum atomic E-state index is 12.9. The van der Waals surface area contributed by atoms with Crippen LogP contribution in [0.3, 0.4) is 0 Å². The topological polar surface area (TPSA) is 58.6 Å². The van der Waals surface area contributed by atoms with Gasteiger partial charge in [0.05, 0.1) is 31.3 Å². The van der Waals surface area contributed by atoms with Gasteiger partial charge >= 0.3 is 0 Å². The number of rotatable bonds is 4. The monoisotopic (exact) mass is 324 g/mol. The summed E-state index contributed by atoms with van der Waals surface area (Å²) in [6.45, 7) is 0.208. The molecule has 1 aromatic rings. The van der Waals surface area contributed by atoms with Gasteiger partial charge in [0.15, 0.2) is 0 Å². The second-order valence-electron chi connectivity index (χ2n) is 7.29. The number of likely N-dealkylation sites (tertiary alicyclic amines) is 1. The average Bonchev–Trinajstić information content (AvgIpc) is 3.39. The third-order valence-corrected chi connectivity index (χ3v) is 6.29. The molecule has 1 aliphatic heterocycles. The molecule has 4 aliphatic carbocycles. The van der Waals surface area contributed by atoms with Gasteiger partial charge in [0, 0.05) is 0 Å². The van der Waals surface area contributed by atoms with Crippen molar-refractivity contribution in [3.63, 3.8) is 0 Å². The Kier molecular flexibility index (Phi) is 2.84. The van der Waals surface area contributed by atoms with Gasteiger partial charge in [0.1, 0.15) is 5.75 Å². The molecule has 6 rings (SSSR count). The predicted octanol–water partition coefficient (Wildman–Crippen LogP) is 2.12. The molecule has 124 valence electrons. The zero-order valence-corrected chi connectivity index (χ0v) is 13.5. The van der Waals surface area contributed by atoms with E-state index >= 15 is 0 Å². The van der Waals surface area contributed by atoms with E-state index in [1.807, 2.05) is 24.3 Å². The molecule has 5 nitrogen and oxygen atoms in total. The van der Waals surface area contributed by atoms with Crippen LogP contribution in [0.15, 0.2) is 36.4 Å². The van der Waals surface area contributed by atoms with Crippen molar-refractivity contribution in [2.45, 2.75) is 6.42 Å². The number of nitrogens with zero attached hydrogens (tertiary/aromatic N) is 1. The zero-order chi connectivity index (χ0) is 16.4. The highest BCUT2D eigenvalue weighted by molar-refractivity contribution is 6.06. The maximum absolute atomic E-state index is 12.9. The largest absolute Gasteiger partial charge is 0.495 e. The standard InChI is InChI=1S/C19H20N2O3/c1-24-15-5-3-2-4-14(15)20-9-21-18(22)16-10-6-7-11(13-8-12(10)13)17(16)19(21)23/h2-7,10-13,16-17,20H,8-9H2,1H3/t10-,11-,12-,13+,16-,17+/m0/s1. The summed E-state index contributed by atoms with van der Waals surface area (Å²) >= 11 is 0. The van der Waals surface area contributed by atoms with Gasteiger partial charge in [-0.15, -0.1) is 0 Å². The first-order valence-corrected chi connectivity index (χ1v) is 8.61. The van der Waals surface area contributed by atoms with Gasteiger partial charge < -0.3 is 10.1 Å². The molecule has 2 bridgehead atoms. The van der Waals surface area contributed by atoms with Crippen molar-refractivity contribution in [3.8, 4) is 5.75 Å². The van der Waals surface area contributed by atoms with E-state index in [-0.39, 0.29) is 42.2 Å². The van der Waals surface area contributed by atoms with Crippen LogP contribution in [-0.4, -0.2) is 30.5 Å². The summed E-state index contributed by atoms with van der Waals surface area (Å²) in [4.78, 5) is 27.2. The first kappa shape index (κ1) is 14.1. The predicted molar refractivity (Wildman–Crippen MR) is 88.0 cm³/mol. The normalized spacial score (nSPS) is 38.1. The molecule has 0 radical (unpaired) electrons. The quantitative estimate of drug-likeness (QED) is 0.681. The summed E-state index contributed by atoms with van der Waals surface area (Å²) in [5, 5.41) is 3.19. The number of anilines is 1. The van der Waals surface area contributed by atoms with E-state index in [0.29, 0.717) is 17.6 Å². The number of hydrogen-bond donors (Lipinski definition) is 1. The Morgan fingerprint density at radius 3 is 2.33 bits per heavy atom. The number of nitrogens with one attached hydrogen (secondary N) is 1. The Labute approximate surface area is 140 Å². The first-order valence-electron chi connectivity index (χ1n) is 8.61. The lowest BCUT2D eigenvalue weighted by Crippen LogP contribution is -2.40. The molecule has 6 atom stereocenters. The number of methoxy groups -OCH3 is 1. The molecule has 0 aromatic heterocycles. The van der Waals surface area contributed by atoms with Gasteiger partial charge in [0.2, 0.25) is 11.8 Å². The molecule has 0 spiro atoms. The van der Waals surface area contributed by atoms with Gasteiger partial charge in [-0.05, 0) is 42.2 Å². The lowest BCUT2D eigenvalue weighted by molar-refractivity contribution is -0.139. The van der Waals surface area contributed by atoms with Crippen LogP contribution in [0.5, 0.6) is 5.75 Å². The molecule has 1 N–H and O–H groups in total. The molecule has 5 aliphatic rings. The number of ether oxygens (including phenoxy) is 1. The molecular weight excluding hydrogens is 304 g/mol. The van der Waals surface area contributed by atoms with Crippen molar-refractivity contribution in [3.05, 3.63) is 36.4 Å². The van der Waals surface area contributed by atoms with Crippen molar-refractivity contribution in [1.82, 2.24) is 4.90 Å². The fourth-order valence-corrected chi connectivity index (χ4v) is 5.13. The minimum absolute atomic E-state index is 0.00269. The summed E-state index contributed by atoms with van der Waals surface area (Å²) in [6, 6.07) is 7.53. The summed E-state index contributed by atoms with van der Waals surface area (Å²) < 4.78 is 5.31. The third kappa shape index (κ3) is 1.75. The highest BCUT2D eigenvalue weighted by Gasteiger charge is 2.66. The van der Waals surface area contributed by atoms with E-state index < -0.39 is 0 Å². The van der Waals surface area contributed by atoms with Crippen molar-refractivity contribution in [2.75, 3.05) is 19.1 Å². The summed E-state index contributed by atoms with van der Waals surface area (Å²) in [6.07, 6.45) is 5.58. The SMILES string of the molecule is COc1ccccc1NCN1C(=O)[C@@H]2[C@H]3C=C[C@@H]([C@@H]4C[C@H]34)[C@@H]2C1=O. The van der Waals surface area contributed by atoms with Crippen molar-refractivity contribution >= 4 is 17.5 Å². The number of hydrogen-bond acceptors (Lipinski definition) is 4. The molecule has 1 aromatic carbocycles. The minimum atomic E-state index is -0.129. The molecule has 1 heterocycles. The Balaban J connectivity index is 1.37. The molecule has 24 heavy (non-hydrogen) atoms. The molecule has 3 fully saturated rings. The van der Waals surface area contributed by atoms with Crippen LogP contribution in [0.4, 0.5) is 5.69 Å². The summed E-state index contributed by atoms with van der Waals surface area (Å²) in [5.74, 6) is 2.27. The number of para-hydroxylation sites is 2. The van der Waals surface area contributed by atoms with Crippen LogP contribution in [0.1, 0.15) is 6.42 Å². The van der Waals surface area contributed by atoms with E-state index in [0.717, 1.165) is 5.69 Å². The average molecular weight is 324 g/mol. The Hall–Kier alpha value is -2.30. The van der Waals surface area contributed by atoms with Crippen LogP contribution < -0.4 is 10.1 Å². The number of amides is 2. The molecular formula is C19H20N2O3. The highest BCUT2D eigenvalue weighted by Crippen LogP contribution is 2.65. The number of imide groups is 1. The third-order valence-electron chi connectivity index (χ3n) is 6.29. The van der Waals surface area contributed by atoms with Crippen molar-refractivity contribution < 1.29 is 14.3 Å². The van der Waals surface area contributed by atoms with E-state index in [1.165, 1.54) is 11.3 Å². The fourth-order valence-electron chi connectivity index (χ4n) is 5.13. The minimum Gasteiger partial charge on any atom is -0.495 e. The van der Waals surface area contributed by atoms with Crippen molar-refractivity contribution in [2.24, 2.45) is 35.5 Å². The van der Waals surface area contributed by atoms with E-state index in [1.54, 1.807) is 7.11 Å². The maximum Gasteiger partial charge on any atom is 0.235 e. The summed E-state index contributed by atoms with van der Waals surface area (Å²) in [7, 11) is 1.61. The second kappa shape index (κ2) is 4.85.